The van der Waals surface area contributed by atoms with E-state index in [4.69, 9.17) is 0 Å². The molecule has 2 fully saturated rings. The average Bonchev–Trinajstić information content (AvgIpc) is 2.86. The molecule has 0 aromatic carbocycles. The second-order valence-electron chi connectivity index (χ2n) is 7.25. The first-order valence-corrected chi connectivity index (χ1v) is 7.40. The summed E-state index contributed by atoms with van der Waals surface area (Å²) < 4.78 is 0. The quantitative estimate of drug-likeness (QED) is 0.621. The summed E-state index contributed by atoms with van der Waals surface area (Å²) in [6.45, 7) is 14.8. The molecule has 5 unspecified atom stereocenters. The van der Waals surface area contributed by atoms with E-state index in [-0.39, 0.29) is 0 Å². The third-order valence-electron chi connectivity index (χ3n) is 6.68. The van der Waals surface area contributed by atoms with Gasteiger partial charge in [0.1, 0.15) is 0 Å². The largest absolute Gasteiger partial charge is 0.0648 e. The number of hydrogen-bond donors (Lipinski definition) is 0. The molecule has 0 amide bonds. The molecule has 0 heteroatoms. The standard InChI is InChI=1S/C16H30/c1-7-16-10-8-9-15(6,12(4)11(2)3)14(16)13(16)5/h11-14H,7-10H2,1-6H3. The van der Waals surface area contributed by atoms with Crippen LogP contribution in [-0.4, -0.2) is 0 Å². The molecule has 0 aromatic rings. The minimum atomic E-state index is 0.627. The Morgan fingerprint density at radius 2 is 1.81 bits per heavy atom. The highest BCUT2D eigenvalue weighted by molar-refractivity contribution is 5.17. The zero-order valence-electron chi connectivity index (χ0n) is 12.1. The van der Waals surface area contributed by atoms with E-state index in [1.807, 2.05) is 0 Å². The highest BCUT2D eigenvalue weighted by atomic mass is 14.7. The van der Waals surface area contributed by atoms with E-state index in [2.05, 4.69) is 41.5 Å². The predicted molar refractivity (Wildman–Crippen MR) is 71.3 cm³/mol. The van der Waals surface area contributed by atoms with Crippen molar-refractivity contribution in [3.8, 4) is 0 Å². The zero-order valence-corrected chi connectivity index (χ0v) is 12.1. The van der Waals surface area contributed by atoms with Gasteiger partial charge in [-0.05, 0) is 53.8 Å². The van der Waals surface area contributed by atoms with E-state index < -0.39 is 0 Å². The van der Waals surface area contributed by atoms with Gasteiger partial charge < -0.3 is 0 Å². The van der Waals surface area contributed by atoms with Crippen molar-refractivity contribution in [1.82, 2.24) is 0 Å². The summed E-state index contributed by atoms with van der Waals surface area (Å²) in [6.07, 6.45) is 5.88. The van der Waals surface area contributed by atoms with Crippen molar-refractivity contribution in [2.75, 3.05) is 0 Å². The molecular formula is C16H30. The van der Waals surface area contributed by atoms with E-state index in [1.54, 1.807) is 0 Å². The van der Waals surface area contributed by atoms with Crippen molar-refractivity contribution in [2.24, 2.45) is 34.5 Å². The molecule has 0 radical (unpaired) electrons. The normalized spacial score (nSPS) is 48.9. The minimum Gasteiger partial charge on any atom is -0.0648 e. The first-order chi connectivity index (χ1) is 7.40. The van der Waals surface area contributed by atoms with Crippen LogP contribution in [0.2, 0.25) is 0 Å². The molecule has 0 heterocycles. The summed E-state index contributed by atoms with van der Waals surface area (Å²) in [4.78, 5) is 0. The Bertz CT molecular complexity index is 267. The number of rotatable bonds is 3. The van der Waals surface area contributed by atoms with Crippen molar-refractivity contribution in [1.29, 1.82) is 0 Å². The molecule has 2 aliphatic carbocycles. The average molecular weight is 222 g/mol. The zero-order chi connectivity index (χ0) is 12.1. The minimum absolute atomic E-state index is 0.627. The fourth-order valence-electron chi connectivity index (χ4n) is 5.26. The molecule has 2 saturated carbocycles. The Hall–Kier alpha value is 0. The molecule has 2 aliphatic rings. The van der Waals surface area contributed by atoms with Crippen molar-refractivity contribution >= 4 is 0 Å². The van der Waals surface area contributed by atoms with Gasteiger partial charge in [0.05, 0.1) is 0 Å². The number of fused-ring (bicyclic) bond motifs is 1. The topological polar surface area (TPSA) is 0 Å². The van der Waals surface area contributed by atoms with Gasteiger partial charge in [0.15, 0.2) is 0 Å². The second-order valence-corrected chi connectivity index (χ2v) is 7.25. The van der Waals surface area contributed by atoms with Crippen LogP contribution in [0.5, 0.6) is 0 Å². The summed E-state index contributed by atoms with van der Waals surface area (Å²) in [5.74, 6) is 3.74. The van der Waals surface area contributed by atoms with Crippen LogP contribution in [0.15, 0.2) is 0 Å². The van der Waals surface area contributed by atoms with Gasteiger partial charge in [-0.25, -0.2) is 0 Å². The van der Waals surface area contributed by atoms with Gasteiger partial charge in [-0.1, -0.05) is 48.0 Å². The van der Waals surface area contributed by atoms with Crippen LogP contribution in [0.3, 0.4) is 0 Å². The van der Waals surface area contributed by atoms with Crippen molar-refractivity contribution in [3.05, 3.63) is 0 Å². The van der Waals surface area contributed by atoms with Crippen LogP contribution in [0.4, 0.5) is 0 Å². The van der Waals surface area contributed by atoms with Crippen LogP contribution in [-0.2, 0) is 0 Å². The fraction of sp³-hybridized carbons (Fsp3) is 1.00. The van der Waals surface area contributed by atoms with E-state index in [0.717, 1.165) is 29.1 Å². The van der Waals surface area contributed by atoms with Crippen LogP contribution in [0.1, 0.15) is 67.2 Å². The first-order valence-electron chi connectivity index (χ1n) is 7.40. The molecular weight excluding hydrogens is 192 g/mol. The van der Waals surface area contributed by atoms with Gasteiger partial charge in [0.2, 0.25) is 0 Å². The number of hydrogen-bond acceptors (Lipinski definition) is 0. The van der Waals surface area contributed by atoms with Gasteiger partial charge in [-0.3, -0.25) is 0 Å². The smallest absolute Gasteiger partial charge is 0.0235 e. The summed E-state index contributed by atoms with van der Waals surface area (Å²) in [5.41, 5.74) is 1.37. The Kier molecular flexibility index (Phi) is 2.92. The molecule has 94 valence electrons. The van der Waals surface area contributed by atoms with Crippen LogP contribution in [0.25, 0.3) is 0 Å². The fourth-order valence-corrected chi connectivity index (χ4v) is 5.26. The van der Waals surface area contributed by atoms with Crippen LogP contribution >= 0.6 is 0 Å². The molecule has 0 spiro atoms. The Labute approximate surface area is 102 Å². The lowest BCUT2D eigenvalue weighted by molar-refractivity contribution is 0.0539. The Morgan fingerprint density at radius 1 is 1.19 bits per heavy atom. The van der Waals surface area contributed by atoms with Crippen molar-refractivity contribution < 1.29 is 0 Å². The summed E-state index contributed by atoms with van der Waals surface area (Å²) in [6, 6.07) is 0. The van der Waals surface area contributed by atoms with Gasteiger partial charge >= 0.3 is 0 Å². The van der Waals surface area contributed by atoms with Crippen LogP contribution < -0.4 is 0 Å². The van der Waals surface area contributed by atoms with Gasteiger partial charge in [0.25, 0.3) is 0 Å². The van der Waals surface area contributed by atoms with Crippen molar-refractivity contribution in [2.45, 2.75) is 67.2 Å². The maximum Gasteiger partial charge on any atom is -0.0235 e. The highest BCUT2D eigenvalue weighted by Gasteiger charge is 2.68. The molecule has 0 aromatic heterocycles. The highest BCUT2D eigenvalue weighted by Crippen LogP contribution is 2.75. The molecule has 0 bridgehead atoms. The first kappa shape index (κ1) is 12.5. The lowest BCUT2D eigenvalue weighted by Crippen LogP contribution is -2.36. The molecule has 5 atom stereocenters. The monoisotopic (exact) mass is 222 g/mol. The Morgan fingerprint density at radius 3 is 2.31 bits per heavy atom. The summed E-state index contributed by atoms with van der Waals surface area (Å²) in [7, 11) is 0. The van der Waals surface area contributed by atoms with Gasteiger partial charge in [-0.15, -0.1) is 0 Å². The lowest BCUT2D eigenvalue weighted by atomic mass is 9.61. The van der Waals surface area contributed by atoms with E-state index >= 15 is 0 Å². The molecule has 0 saturated heterocycles. The SMILES string of the molecule is CCC12CCCC(C)(C(C)C(C)C)C1C2C. The third-order valence-corrected chi connectivity index (χ3v) is 6.68. The molecule has 0 N–H and O–H groups in total. The third kappa shape index (κ3) is 1.41. The molecule has 2 rings (SSSR count). The maximum atomic E-state index is 2.59. The Balaban J connectivity index is 2.23. The van der Waals surface area contributed by atoms with Crippen molar-refractivity contribution in [3.63, 3.8) is 0 Å². The maximum absolute atomic E-state index is 2.59. The summed E-state index contributed by atoms with van der Waals surface area (Å²) in [5, 5.41) is 0. The van der Waals surface area contributed by atoms with E-state index in [1.165, 1.54) is 25.7 Å². The van der Waals surface area contributed by atoms with E-state index in [0.29, 0.717) is 5.41 Å². The van der Waals surface area contributed by atoms with E-state index in [9.17, 15) is 0 Å². The van der Waals surface area contributed by atoms with Crippen LogP contribution in [0, 0.1) is 34.5 Å². The molecule has 0 nitrogen and oxygen atoms in total. The lowest BCUT2D eigenvalue weighted by Gasteiger charge is -2.44. The predicted octanol–water partition coefficient (Wildman–Crippen LogP) is 5.13. The van der Waals surface area contributed by atoms with Gasteiger partial charge in [0, 0.05) is 0 Å². The molecule has 16 heavy (non-hydrogen) atoms. The summed E-state index contributed by atoms with van der Waals surface area (Å²) >= 11 is 0. The molecule has 0 aliphatic heterocycles. The van der Waals surface area contributed by atoms with Gasteiger partial charge in [-0.2, -0.15) is 0 Å². The second kappa shape index (κ2) is 3.75.